The number of primary amides is 1. The highest BCUT2D eigenvalue weighted by molar-refractivity contribution is 5.91. The van der Waals surface area contributed by atoms with Crippen LogP contribution in [0.1, 0.15) is 21.9 Å². The normalized spacial score (nSPS) is 10.5. The molecule has 0 saturated heterocycles. The molecule has 1 aromatic heterocycles. The quantitative estimate of drug-likeness (QED) is 0.721. The summed E-state index contributed by atoms with van der Waals surface area (Å²) in [5, 5.41) is 0. The van der Waals surface area contributed by atoms with Gasteiger partial charge in [-0.1, -0.05) is 0 Å². The molecular formula is C11H17N3O3. The second-order valence-corrected chi connectivity index (χ2v) is 3.51. The third-order valence-corrected chi connectivity index (χ3v) is 2.23. The number of amides is 1. The minimum Gasteiger partial charge on any atom is -0.384 e. The molecule has 0 atom stereocenters. The Kier molecular flexibility index (Phi) is 5.51. The van der Waals surface area contributed by atoms with Crippen molar-refractivity contribution in [3.63, 3.8) is 0 Å². The maximum absolute atomic E-state index is 11.2. The van der Waals surface area contributed by atoms with E-state index in [9.17, 15) is 4.79 Å². The van der Waals surface area contributed by atoms with E-state index in [0.29, 0.717) is 31.7 Å². The minimum absolute atomic E-state index is 0.211. The zero-order valence-electron chi connectivity index (χ0n) is 10.1. The number of methoxy groups -OCH3 is 2. The number of rotatable bonds is 7. The first-order valence-electron chi connectivity index (χ1n) is 5.31. The molecule has 0 saturated carbocycles. The van der Waals surface area contributed by atoms with Crippen molar-refractivity contribution in [1.82, 2.24) is 9.97 Å². The molecule has 6 heteroatoms. The number of aromatic nitrogens is 2. The van der Waals surface area contributed by atoms with Crippen molar-refractivity contribution in [2.75, 3.05) is 27.4 Å². The van der Waals surface area contributed by atoms with E-state index >= 15 is 0 Å². The van der Waals surface area contributed by atoms with Gasteiger partial charge in [-0.05, 0) is 0 Å². The average molecular weight is 239 g/mol. The van der Waals surface area contributed by atoms with E-state index in [1.807, 2.05) is 0 Å². The lowest BCUT2D eigenvalue weighted by Crippen LogP contribution is -2.19. The Balaban J connectivity index is 2.88. The first kappa shape index (κ1) is 13.5. The number of nitrogens with two attached hydrogens (primary N) is 1. The van der Waals surface area contributed by atoms with Gasteiger partial charge in [-0.25, -0.2) is 4.98 Å². The minimum atomic E-state index is -0.568. The smallest absolute Gasteiger partial charge is 0.269 e. The van der Waals surface area contributed by atoms with Crippen molar-refractivity contribution in [3.05, 3.63) is 23.3 Å². The highest BCUT2D eigenvalue weighted by Gasteiger charge is 2.12. The number of hydrogen-bond donors (Lipinski definition) is 1. The van der Waals surface area contributed by atoms with Crippen molar-refractivity contribution in [2.45, 2.75) is 12.8 Å². The topological polar surface area (TPSA) is 87.3 Å². The Hall–Kier alpha value is -1.53. The molecule has 0 spiro atoms. The van der Waals surface area contributed by atoms with Crippen LogP contribution in [0.5, 0.6) is 0 Å². The molecule has 0 radical (unpaired) electrons. The maximum atomic E-state index is 11.2. The monoisotopic (exact) mass is 239 g/mol. The van der Waals surface area contributed by atoms with Gasteiger partial charge in [0, 0.05) is 33.3 Å². The van der Waals surface area contributed by atoms with Crippen molar-refractivity contribution >= 4 is 5.91 Å². The van der Waals surface area contributed by atoms with Crippen LogP contribution in [0.2, 0.25) is 0 Å². The lowest BCUT2D eigenvalue weighted by atomic mass is 10.2. The SMILES string of the molecule is COCCc1cnc(C(N)=O)c(CCOC)n1. The van der Waals surface area contributed by atoms with Gasteiger partial charge in [0.05, 0.1) is 24.6 Å². The van der Waals surface area contributed by atoms with E-state index in [0.717, 1.165) is 5.69 Å². The number of nitrogens with zero attached hydrogens (tertiary/aromatic N) is 2. The van der Waals surface area contributed by atoms with Gasteiger partial charge in [-0.15, -0.1) is 0 Å². The number of ether oxygens (including phenoxy) is 2. The summed E-state index contributed by atoms with van der Waals surface area (Å²) in [7, 11) is 3.21. The molecule has 94 valence electrons. The summed E-state index contributed by atoms with van der Waals surface area (Å²) in [5.41, 5.74) is 6.80. The highest BCUT2D eigenvalue weighted by Crippen LogP contribution is 2.06. The molecule has 1 heterocycles. The van der Waals surface area contributed by atoms with Crippen LogP contribution in [-0.2, 0) is 22.3 Å². The molecule has 0 aliphatic heterocycles. The third-order valence-electron chi connectivity index (χ3n) is 2.23. The lowest BCUT2D eigenvalue weighted by Gasteiger charge is -2.07. The standard InChI is InChI=1S/C11H17N3O3/c1-16-5-3-8-7-13-10(11(12)15)9(14-8)4-6-17-2/h7H,3-6H2,1-2H3,(H2,12,15). The van der Waals surface area contributed by atoms with Crippen molar-refractivity contribution in [3.8, 4) is 0 Å². The predicted molar refractivity (Wildman–Crippen MR) is 61.7 cm³/mol. The molecule has 0 fully saturated rings. The number of hydrogen-bond acceptors (Lipinski definition) is 5. The van der Waals surface area contributed by atoms with Gasteiger partial charge in [0.25, 0.3) is 5.91 Å². The fourth-order valence-corrected chi connectivity index (χ4v) is 1.37. The fraction of sp³-hybridized carbons (Fsp3) is 0.545. The van der Waals surface area contributed by atoms with Crippen LogP contribution >= 0.6 is 0 Å². The third kappa shape index (κ3) is 4.08. The van der Waals surface area contributed by atoms with Gasteiger partial charge >= 0.3 is 0 Å². The Morgan fingerprint density at radius 3 is 2.53 bits per heavy atom. The number of carbonyl (C=O) groups is 1. The summed E-state index contributed by atoms with van der Waals surface area (Å²) < 4.78 is 9.92. The zero-order chi connectivity index (χ0) is 12.7. The molecule has 0 unspecified atom stereocenters. The molecule has 0 aliphatic carbocycles. The fourth-order valence-electron chi connectivity index (χ4n) is 1.37. The zero-order valence-corrected chi connectivity index (χ0v) is 10.1. The van der Waals surface area contributed by atoms with Gasteiger partial charge in [-0.3, -0.25) is 9.78 Å². The first-order chi connectivity index (χ1) is 8.19. The summed E-state index contributed by atoms with van der Waals surface area (Å²) in [5.74, 6) is -0.568. The average Bonchev–Trinajstić information content (AvgIpc) is 2.33. The molecule has 0 aliphatic rings. The Morgan fingerprint density at radius 2 is 1.94 bits per heavy atom. The van der Waals surface area contributed by atoms with E-state index in [2.05, 4.69) is 9.97 Å². The van der Waals surface area contributed by atoms with Gasteiger partial charge in [0.2, 0.25) is 0 Å². The lowest BCUT2D eigenvalue weighted by molar-refractivity contribution is 0.0993. The number of carbonyl (C=O) groups excluding carboxylic acids is 1. The van der Waals surface area contributed by atoms with Crippen molar-refractivity contribution in [1.29, 1.82) is 0 Å². The Bertz CT molecular complexity index is 382. The summed E-state index contributed by atoms with van der Waals surface area (Å²) in [6.45, 7) is 1.04. The van der Waals surface area contributed by atoms with E-state index < -0.39 is 5.91 Å². The molecule has 2 N–H and O–H groups in total. The second kappa shape index (κ2) is 6.93. The Morgan fingerprint density at radius 1 is 1.29 bits per heavy atom. The van der Waals surface area contributed by atoms with Gasteiger partial charge in [-0.2, -0.15) is 0 Å². The summed E-state index contributed by atoms with van der Waals surface area (Å²) in [6, 6.07) is 0. The predicted octanol–water partition coefficient (Wildman–Crippen LogP) is -0.0467. The van der Waals surface area contributed by atoms with Gasteiger partial charge in [0.15, 0.2) is 0 Å². The Labute approximate surface area is 100 Å². The second-order valence-electron chi connectivity index (χ2n) is 3.51. The van der Waals surface area contributed by atoms with Gasteiger partial charge < -0.3 is 15.2 Å². The van der Waals surface area contributed by atoms with Crippen molar-refractivity contribution < 1.29 is 14.3 Å². The van der Waals surface area contributed by atoms with Crippen LogP contribution < -0.4 is 5.73 Å². The molecule has 1 amide bonds. The molecule has 0 bridgehead atoms. The molecule has 17 heavy (non-hydrogen) atoms. The maximum Gasteiger partial charge on any atom is 0.269 e. The molecule has 6 nitrogen and oxygen atoms in total. The summed E-state index contributed by atoms with van der Waals surface area (Å²) in [4.78, 5) is 19.5. The van der Waals surface area contributed by atoms with Crippen LogP contribution in [0.15, 0.2) is 6.20 Å². The van der Waals surface area contributed by atoms with Crippen LogP contribution in [0.4, 0.5) is 0 Å². The van der Waals surface area contributed by atoms with Crippen LogP contribution in [-0.4, -0.2) is 43.3 Å². The van der Waals surface area contributed by atoms with Crippen LogP contribution in [0.3, 0.4) is 0 Å². The van der Waals surface area contributed by atoms with Crippen LogP contribution in [0.25, 0.3) is 0 Å². The molecule has 1 aromatic rings. The van der Waals surface area contributed by atoms with Crippen molar-refractivity contribution in [2.24, 2.45) is 5.73 Å². The van der Waals surface area contributed by atoms with E-state index in [1.54, 1.807) is 20.4 Å². The van der Waals surface area contributed by atoms with E-state index in [-0.39, 0.29) is 5.69 Å². The van der Waals surface area contributed by atoms with Crippen LogP contribution in [0, 0.1) is 0 Å². The summed E-state index contributed by atoms with van der Waals surface area (Å²) >= 11 is 0. The summed E-state index contributed by atoms with van der Waals surface area (Å²) in [6.07, 6.45) is 2.72. The molecular weight excluding hydrogens is 222 g/mol. The largest absolute Gasteiger partial charge is 0.384 e. The van der Waals surface area contributed by atoms with E-state index in [4.69, 9.17) is 15.2 Å². The molecule has 1 rings (SSSR count). The van der Waals surface area contributed by atoms with E-state index in [1.165, 1.54) is 0 Å². The molecule has 0 aromatic carbocycles. The highest BCUT2D eigenvalue weighted by atomic mass is 16.5. The van der Waals surface area contributed by atoms with Gasteiger partial charge in [0.1, 0.15) is 5.69 Å². The first-order valence-corrected chi connectivity index (χ1v) is 5.31.